The van der Waals surface area contributed by atoms with Gasteiger partial charge in [0, 0.05) is 13.1 Å². The molecule has 0 aliphatic carbocycles. The van der Waals surface area contributed by atoms with E-state index in [4.69, 9.17) is 0 Å². The van der Waals surface area contributed by atoms with Crippen LogP contribution in [0.1, 0.15) is 39.5 Å². The molecule has 0 atom stereocenters. The van der Waals surface area contributed by atoms with E-state index in [1.807, 2.05) is 0 Å². The Labute approximate surface area is 140 Å². The third-order valence-electron chi connectivity index (χ3n) is 1.60. The van der Waals surface area contributed by atoms with Crippen LogP contribution in [0.5, 0.6) is 0 Å². The first-order valence-corrected chi connectivity index (χ1v) is 7.07. The van der Waals surface area contributed by atoms with Gasteiger partial charge in [0.1, 0.15) is 0 Å². The van der Waals surface area contributed by atoms with Crippen LogP contribution in [0.25, 0.3) is 0 Å². The predicted octanol–water partition coefficient (Wildman–Crippen LogP) is 2.41. The summed E-state index contributed by atoms with van der Waals surface area (Å²) < 4.78 is 0.969. The molecule has 0 bridgehead atoms. The minimum absolute atomic E-state index is 0. The fourth-order valence-corrected chi connectivity index (χ4v) is 1.14. The summed E-state index contributed by atoms with van der Waals surface area (Å²) in [5.41, 5.74) is 0. The number of nitrogens with one attached hydrogen (secondary N) is 2. The molecule has 0 aromatic heterocycles. The molecule has 0 amide bonds. The van der Waals surface area contributed by atoms with Gasteiger partial charge >= 0.3 is 19.5 Å². The maximum Gasteiger partial charge on any atom is 2.00 e. The largest absolute Gasteiger partial charge is 2.00 e. The summed E-state index contributed by atoms with van der Waals surface area (Å²) in [5, 5.41) is 5.79. The topological polar surface area (TPSA) is 24.1 Å². The molecule has 0 saturated heterocycles. The number of unbranched alkanes of at least 4 members (excludes halogenated alkanes) is 2. The van der Waals surface area contributed by atoms with Crippen molar-refractivity contribution in [2.24, 2.45) is 0 Å². The van der Waals surface area contributed by atoms with E-state index in [2.05, 4.69) is 74.2 Å². The van der Waals surface area contributed by atoms with Crippen LogP contribution in [0.4, 0.5) is 0 Å². The van der Waals surface area contributed by atoms with E-state index in [9.17, 15) is 0 Å². The number of thiocarbonyl (C=S) groups is 2. The minimum Gasteiger partial charge on any atom is -0.412 e. The second-order valence-electron chi connectivity index (χ2n) is 3.14. The third-order valence-corrected chi connectivity index (χ3v) is 2.18. The molecule has 2 nitrogen and oxygen atoms in total. The van der Waals surface area contributed by atoms with Crippen LogP contribution in [-0.2, 0) is 44.7 Å². The summed E-state index contributed by atoms with van der Waals surface area (Å²) in [5.74, 6) is 0. The molecule has 0 saturated carbocycles. The van der Waals surface area contributed by atoms with Gasteiger partial charge in [-0.05, 0) is 12.8 Å². The summed E-state index contributed by atoms with van der Waals surface area (Å²) in [6.07, 6.45) is 4.67. The zero-order valence-corrected chi connectivity index (χ0v) is 16.8. The van der Waals surface area contributed by atoms with E-state index in [0.717, 1.165) is 25.9 Å². The fraction of sp³-hybridized carbons (Fsp3) is 0.800. The van der Waals surface area contributed by atoms with Crippen LogP contribution >= 0.6 is 24.4 Å². The van der Waals surface area contributed by atoms with Gasteiger partial charge in [-0.1, -0.05) is 35.3 Å². The predicted molar refractivity (Wildman–Crippen MR) is 85.7 cm³/mol. The second-order valence-corrected chi connectivity index (χ2v) is 5.29. The number of hydrogen-bond donors (Lipinski definition) is 2. The van der Waals surface area contributed by atoms with Gasteiger partial charge in [0.15, 0.2) is 0 Å². The van der Waals surface area contributed by atoms with Gasteiger partial charge < -0.3 is 60.3 Å². The molecule has 0 fully saturated rings. The molecule has 0 aliphatic rings. The SMILES string of the molecule is CCCCNC(=S)[S-].CCCCNC(=S)[S-].[Zn+2]. The first-order valence-electron chi connectivity index (χ1n) is 5.44. The van der Waals surface area contributed by atoms with Crippen LogP contribution < -0.4 is 10.6 Å². The molecule has 0 radical (unpaired) electrons. The van der Waals surface area contributed by atoms with Crippen LogP contribution in [0.15, 0.2) is 0 Å². The van der Waals surface area contributed by atoms with Crippen molar-refractivity contribution < 1.29 is 19.5 Å². The van der Waals surface area contributed by atoms with Crippen molar-refractivity contribution in [3.8, 4) is 0 Å². The molecular weight excluding hydrogens is 342 g/mol. The minimum atomic E-state index is 0. The van der Waals surface area contributed by atoms with E-state index in [0.29, 0.717) is 8.64 Å². The van der Waals surface area contributed by atoms with Gasteiger partial charge in [0.05, 0.1) is 0 Å². The molecule has 0 aromatic carbocycles. The molecule has 0 aliphatic heterocycles. The van der Waals surface area contributed by atoms with Crippen molar-refractivity contribution in [2.75, 3.05) is 13.1 Å². The molecule has 2 N–H and O–H groups in total. The monoisotopic (exact) mass is 360 g/mol. The first-order chi connectivity index (χ1) is 7.54. The van der Waals surface area contributed by atoms with Gasteiger partial charge in [-0.25, -0.2) is 0 Å². The van der Waals surface area contributed by atoms with Gasteiger partial charge in [-0.3, -0.25) is 0 Å². The summed E-state index contributed by atoms with van der Waals surface area (Å²) in [6.45, 7) is 6.12. The molecule has 7 heteroatoms. The van der Waals surface area contributed by atoms with Crippen molar-refractivity contribution in [3.05, 3.63) is 0 Å². The Bertz CT molecular complexity index is 171. The molecule has 0 unspecified atom stereocenters. The standard InChI is InChI=1S/2C5H11NS2.Zn/c2*1-2-3-4-6-5(7)8;/h2*2-4H2,1H3,(H2,6,7,8);/q;;+2/p-2. The van der Waals surface area contributed by atoms with Gasteiger partial charge in [0.25, 0.3) is 0 Å². The third kappa shape index (κ3) is 31.6. The normalized spacial score (nSPS) is 8.12. The average molecular weight is 362 g/mol. The van der Waals surface area contributed by atoms with Crippen LogP contribution in [-0.4, -0.2) is 21.7 Å². The molecular formula is C10H20N2S4Zn. The maximum atomic E-state index is 4.61. The average Bonchev–Trinajstić information content (AvgIpc) is 2.18. The molecule has 0 rings (SSSR count). The van der Waals surface area contributed by atoms with Crippen molar-refractivity contribution in [1.82, 2.24) is 10.6 Å². The van der Waals surface area contributed by atoms with Crippen molar-refractivity contribution >= 4 is 58.3 Å². The Morgan fingerprint density at radius 1 is 0.882 bits per heavy atom. The number of rotatable bonds is 6. The van der Waals surface area contributed by atoms with Gasteiger partial charge in [-0.2, -0.15) is 0 Å². The fourth-order valence-electron chi connectivity index (χ4n) is 0.734. The Morgan fingerprint density at radius 3 is 1.35 bits per heavy atom. The summed E-state index contributed by atoms with van der Waals surface area (Å²) in [4.78, 5) is 0. The molecule has 0 aromatic rings. The quantitative estimate of drug-likeness (QED) is 0.326. The molecule has 0 heterocycles. The van der Waals surface area contributed by atoms with Crippen molar-refractivity contribution in [2.45, 2.75) is 39.5 Å². The summed E-state index contributed by atoms with van der Waals surface area (Å²) in [6, 6.07) is 0. The Hall–Kier alpha value is 0.843. The zero-order valence-electron chi connectivity index (χ0n) is 10.6. The summed E-state index contributed by atoms with van der Waals surface area (Å²) in [7, 11) is 0. The van der Waals surface area contributed by atoms with Gasteiger partial charge in [-0.15, -0.1) is 0 Å². The van der Waals surface area contributed by atoms with E-state index >= 15 is 0 Å². The Kier molecular flexibility index (Phi) is 25.9. The van der Waals surface area contributed by atoms with E-state index in [1.165, 1.54) is 12.8 Å². The van der Waals surface area contributed by atoms with Crippen molar-refractivity contribution in [1.29, 1.82) is 0 Å². The van der Waals surface area contributed by atoms with Crippen molar-refractivity contribution in [3.63, 3.8) is 0 Å². The molecule has 17 heavy (non-hydrogen) atoms. The number of hydrogen-bond acceptors (Lipinski definition) is 4. The second kappa shape index (κ2) is 19.2. The van der Waals surface area contributed by atoms with Crippen LogP contribution in [0, 0.1) is 0 Å². The van der Waals surface area contributed by atoms with Crippen LogP contribution in [0.2, 0.25) is 0 Å². The van der Waals surface area contributed by atoms with E-state index < -0.39 is 0 Å². The summed E-state index contributed by atoms with van der Waals surface area (Å²) >= 11 is 18.5. The van der Waals surface area contributed by atoms with Gasteiger partial charge in [0.2, 0.25) is 0 Å². The Balaban J connectivity index is -0.000000218. The molecule has 96 valence electrons. The maximum absolute atomic E-state index is 4.61. The van der Waals surface area contributed by atoms with E-state index in [1.54, 1.807) is 0 Å². The van der Waals surface area contributed by atoms with Crippen LogP contribution in [0.3, 0.4) is 0 Å². The smallest absolute Gasteiger partial charge is 0.412 e. The first kappa shape index (κ1) is 23.0. The Morgan fingerprint density at radius 2 is 1.18 bits per heavy atom. The zero-order chi connectivity index (χ0) is 12.8. The molecule has 0 spiro atoms. The van der Waals surface area contributed by atoms with E-state index in [-0.39, 0.29) is 19.5 Å².